The number of allylic oxidation sites excluding steroid dienone is 1. The highest BCUT2D eigenvalue weighted by molar-refractivity contribution is 5.17. The molecule has 4 atom stereocenters. The third-order valence-electron chi connectivity index (χ3n) is 3.72. The van der Waals surface area contributed by atoms with Crippen LogP contribution in [0.15, 0.2) is 11.6 Å². The molecule has 1 N–H and O–H groups in total. The van der Waals surface area contributed by atoms with Gasteiger partial charge in [0.15, 0.2) is 0 Å². The van der Waals surface area contributed by atoms with E-state index in [2.05, 4.69) is 19.9 Å². The molecule has 2 rings (SSSR count). The smallest absolute Gasteiger partial charge is 0.0608 e. The number of aliphatic hydroxyl groups is 1. The molecule has 1 heteroatoms. The number of hydrogen-bond acceptors (Lipinski definition) is 1. The van der Waals surface area contributed by atoms with E-state index in [4.69, 9.17) is 0 Å². The van der Waals surface area contributed by atoms with Crippen LogP contribution in [0.2, 0.25) is 0 Å². The quantitative estimate of drug-likeness (QED) is 0.568. The Morgan fingerprint density at radius 1 is 1.31 bits per heavy atom. The van der Waals surface area contributed by atoms with Gasteiger partial charge in [0, 0.05) is 5.92 Å². The van der Waals surface area contributed by atoms with Crippen LogP contribution in [0.3, 0.4) is 0 Å². The molecule has 0 saturated heterocycles. The molecule has 1 unspecified atom stereocenters. The zero-order valence-electron chi connectivity index (χ0n) is 8.66. The minimum Gasteiger partial charge on any atom is -0.392 e. The van der Waals surface area contributed by atoms with Gasteiger partial charge in [0.05, 0.1) is 6.10 Å². The molecule has 0 heterocycles. The molecule has 0 bridgehead atoms. The fraction of sp³-hybridized carbons (Fsp3) is 0.833. The predicted molar refractivity (Wildman–Crippen MR) is 54.4 cm³/mol. The van der Waals surface area contributed by atoms with E-state index >= 15 is 0 Å². The van der Waals surface area contributed by atoms with Crippen LogP contribution >= 0.6 is 0 Å². The average molecular weight is 180 g/mol. The van der Waals surface area contributed by atoms with Crippen molar-refractivity contribution in [2.75, 3.05) is 0 Å². The highest BCUT2D eigenvalue weighted by Gasteiger charge is 2.34. The molecule has 0 aromatic rings. The van der Waals surface area contributed by atoms with E-state index < -0.39 is 0 Å². The van der Waals surface area contributed by atoms with Crippen molar-refractivity contribution >= 4 is 0 Å². The molecular formula is C12H20O. The Balaban J connectivity index is 2.19. The second-order valence-electron chi connectivity index (χ2n) is 4.93. The molecule has 1 saturated carbocycles. The molecule has 2 aliphatic rings. The summed E-state index contributed by atoms with van der Waals surface area (Å²) in [4.78, 5) is 0. The summed E-state index contributed by atoms with van der Waals surface area (Å²) < 4.78 is 0. The fourth-order valence-corrected chi connectivity index (χ4v) is 3.12. The highest BCUT2D eigenvalue weighted by Crippen LogP contribution is 2.42. The SMILES string of the molecule is CC1C[C@H](C)C[C@@H]2C1=CCC[C@@H]2O. The Morgan fingerprint density at radius 3 is 2.85 bits per heavy atom. The van der Waals surface area contributed by atoms with E-state index in [0.717, 1.165) is 18.8 Å². The average Bonchev–Trinajstić information content (AvgIpc) is 2.07. The third-order valence-corrected chi connectivity index (χ3v) is 3.72. The van der Waals surface area contributed by atoms with E-state index in [0.29, 0.717) is 11.8 Å². The molecular weight excluding hydrogens is 160 g/mol. The second-order valence-corrected chi connectivity index (χ2v) is 4.93. The molecule has 1 fully saturated rings. The number of aliphatic hydroxyl groups excluding tert-OH is 1. The standard InChI is InChI=1S/C12H20O/c1-8-6-9(2)10-4-3-5-12(13)11(10)7-8/h4,8-9,11-13H,3,5-7H2,1-2H3/t8-,9?,11+,12-/m0/s1. The summed E-state index contributed by atoms with van der Waals surface area (Å²) in [6, 6.07) is 0. The van der Waals surface area contributed by atoms with E-state index in [1.807, 2.05) is 0 Å². The van der Waals surface area contributed by atoms with Crippen molar-refractivity contribution in [3.8, 4) is 0 Å². The van der Waals surface area contributed by atoms with Gasteiger partial charge in [-0.15, -0.1) is 0 Å². The summed E-state index contributed by atoms with van der Waals surface area (Å²) in [5.74, 6) is 2.00. The molecule has 0 aromatic carbocycles. The number of fused-ring (bicyclic) bond motifs is 1. The van der Waals surface area contributed by atoms with Gasteiger partial charge in [-0.3, -0.25) is 0 Å². The largest absolute Gasteiger partial charge is 0.392 e. The maximum atomic E-state index is 9.90. The Kier molecular flexibility index (Phi) is 2.46. The summed E-state index contributed by atoms with van der Waals surface area (Å²) in [5, 5.41) is 9.90. The Labute approximate surface area is 80.8 Å². The minimum atomic E-state index is -0.0507. The van der Waals surface area contributed by atoms with E-state index in [9.17, 15) is 5.11 Å². The third kappa shape index (κ3) is 1.67. The van der Waals surface area contributed by atoms with Crippen LogP contribution in [0.1, 0.15) is 39.5 Å². The van der Waals surface area contributed by atoms with Crippen LogP contribution in [0.25, 0.3) is 0 Å². The molecule has 13 heavy (non-hydrogen) atoms. The highest BCUT2D eigenvalue weighted by atomic mass is 16.3. The van der Waals surface area contributed by atoms with Gasteiger partial charge in [-0.05, 0) is 37.5 Å². The summed E-state index contributed by atoms with van der Waals surface area (Å²) in [7, 11) is 0. The summed E-state index contributed by atoms with van der Waals surface area (Å²) in [6.07, 6.45) is 6.92. The molecule has 74 valence electrons. The molecule has 1 nitrogen and oxygen atoms in total. The summed E-state index contributed by atoms with van der Waals surface area (Å²) >= 11 is 0. The van der Waals surface area contributed by atoms with Crippen molar-refractivity contribution in [2.45, 2.75) is 45.6 Å². The predicted octanol–water partition coefficient (Wildman–Crippen LogP) is 2.75. The van der Waals surface area contributed by atoms with Crippen molar-refractivity contribution in [1.82, 2.24) is 0 Å². The number of hydrogen-bond donors (Lipinski definition) is 1. The lowest BCUT2D eigenvalue weighted by Crippen LogP contribution is -2.33. The van der Waals surface area contributed by atoms with E-state index in [-0.39, 0.29) is 6.10 Å². The zero-order valence-corrected chi connectivity index (χ0v) is 8.66. The van der Waals surface area contributed by atoms with Crippen LogP contribution in [0.5, 0.6) is 0 Å². The van der Waals surface area contributed by atoms with Gasteiger partial charge in [0.1, 0.15) is 0 Å². The van der Waals surface area contributed by atoms with Crippen molar-refractivity contribution in [3.63, 3.8) is 0 Å². The monoisotopic (exact) mass is 180 g/mol. The molecule has 0 radical (unpaired) electrons. The summed E-state index contributed by atoms with van der Waals surface area (Å²) in [6.45, 7) is 4.63. The van der Waals surface area contributed by atoms with E-state index in [1.165, 1.54) is 12.8 Å². The van der Waals surface area contributed by atoms with Crippen molar-refractivity contribution < 1.29 is 5.11 Å². The Bertz CT molecular complexity index is 219. The lowest BCUT2D eigenvalue weighted by atomic mass is 9.68. The Hall–Kier alpha value is -0.300. The molecule has 0 aromatic heterocycles. The molecule has 0 spiro atoms. The summed E-state index contributed by atoms with van der Waals surface area (Å²) in [5.41, 5.74) is 1.55. The lowest BCUT2D eigenvalue weighted by Gasteiger charge is -2.39. The molecule has 0 amide bonds. The van der Waals surface area contributed by atoms with Crippen LogP contribution in [0.4, 0.5) is 0 Å². The first kappa shape index (κ1) is 9.26. The van der Waals surface area contributed by atoms with E-state index in [1.54, 1.807) is 5.57 Å². The van der Waals surface area contributed by atoms with Crippen LogP contribution in [-0.2, 0) is 0 Å². The zero-order chi connectivity index (χ0) is 9.42. The first-order valence-corrected chi connectivity index (χ1v) is 5.56. The minimum absolute atomic E-state index is 0.0507. The normalized spacial score (nSPS) is 45.3. The fourth-order valence-electron chi connectivity index (χ4n) is 3.12. The molecule has 0 aliphatic heterocycles. The van der Waals surface area contributed by atoms with Crippen LogP contribution < -0.4 is 0 Å². The Morgan fingerprint density at radius 2 is 2.08 bits per heavy atom. The first-order chi connectivity index (χ1) is 6.18. The van der Waals surface area contributed by atoms with Crippen LogP contribution in [0, 0.1) is 17.8 Å². The topological polar surface area (TPSA) is 20.2 Å². The van der Waals surface area contributed by atoms with Crippen molar-refractivity contribution in [2.24, 2.45) is 17.8 Å². The van der Waals surface area contributed by atoms with Crippen molar-refractivity contribution in [1.29, 1.82) is 0 Å². The van der Waals surface area contributed by atoms with Gasteiger partial charge in [0.25, 0.3) is 0 Å². The van der Waals surface area contributed by atoms with Crippen molar-refractivity contribution in [3.05, 3.63) is 11.6 Å². The van der Waals surface area contributed by atoms with Gasteiger partial charge in [-0.2, -0.15) is 0 Å². The van der Waals surface area contributed by atoms with Crippen LogP contribution in [-0.4, -0.2) is 11.2 Å². The second kappa shape index (κ2) is 3.45. The lowest BCUT2D eigenvalue weighted by molar-refractivity contribution is 0.0768. The van der Waals surface area contributed by atoms with Gasteiger partial charge < -0.3 is 5.11 Å². The maximum Gasteiger partial charge on any atom is 0.0608 e. The first-order valence-electron chi connectivity index (χ1n) is 5.56. The van der Waals surface area contributed by atoms with Gasteiger partial charge >= 0.3 is 0 Å². The number of rotatable bonds is 0. The molecule has 2 aliphatic carbocycles. The van der Waals surface area contributed by atoms with Gasteiger partial charge in [0.2, 0.25) is 0 Å². The van der Waals surface area contributed by atoms with Gasteiger partial charge in [-0.25, -0.2) is 0 Å². The maximum absolute atomic E-state index is 9.90. The van der Waals surface area contributed by atoms with Gasteiger partial charge in [-0.1, -0.05) is 25.5 Å².